The number of amides is 1. The molecule has 0 saturated heterocycles. The Kier molecular flexibility index (Phi) is 5.21. The molecule has 0 heterocycles. The number of carbonyl (C=O) groups is 1. The zero-order chi connectivity index (χ0) is 13.5. The fraction of sp³-hybridized carbons (Fsp3) is 0.533. The molecule has 2 rings (SSSR count). The Morgan fingerprint density at radius 2 is 2.05 bits per heavy atom. The molecule has 1 aromatic carbocycles. The lowest BCUT2D eigenvalue weighted by molar-refractivity contribution is 0.0769. The number of nitrogens with zero attached hydrogens (tertiary/aromatic N) is 1. The van der Waals surface area contributed by atoms with E-state index in [1.54, 1.807) is 11.9 Å². The summed E-state index contributed by atoms with van der Waals surface area (Å²) in [7, 11) is 1.73. The first-order valence-corrected chi connectivity index (χ1v) is 6.75. The van der Waals surface area contributed by atoms with E-state index in [2.05, 4.69) is 0 Å². The van der Waals surface area contributed by atoms with Gasteiger partial charge in [-0.3, -0.25) is 0 Å². The van der Waals surface area contributed by atoms with Crippen molar-refractivity contribution in [3.8, 4) is 0 Å². The molecule has 1 aromatic rings. The summed E-state index contributed by atoms with van der Waals surface area (Å²) in [6.07, 6.45) is 2.27. The van der Waals surface area contributed by atoms with Gasteiger partial charge in [0.05, 0.1) is 6.61 Å². The zero-order valence-electron chi connectivity index (χ0n) is 11.4. The molecule has 4 nitrogen and oxygen atoms in total. The van der Waals surface area contributed by atoms with Crippen LogP contribution in [0.5, 0.6) is 0 Å². The van der Waals surface area contributed by atoms with Gasteiger partial charge >= 0.3 is 6.09 Å². The van der Waals surface area contributed by atoms with Crippen LogP contribution in [-0.2, 0) is 16.1 Å². The SMILES string of the molecule is CN(CCOCC1CC1)C(=O)OCc1ccccc1. The van der Waals surface area contributed by atoms with Crippen molar-refractivity contribution in [3.63, 3.8) is 0 Å². The van der Waals surface area contributed by atoms with E-state index >= 15 is 0 Å². The van der Waals surface area contributed by atoms with Crippen LogP contribution in [0, 0.1) is 5.92 Å². The normalized spacial score (nSPS) is 14.2. The highest BCUT2D eigenvalue weighted by Gasteiger charge is 2.21. The van der Waals surface area contributed by atoms with Crippen molar-refractivity contribution in [2.24, 2.45) is 5.92 Å². The Labute approximate surface area is 114 Å². The van der Waals surface area contributed by atoms with E-state index in [1.165, 1.54) is 12.8 Å². The van der Waals surface area contributed by atoms with Crippen LogP contribution in [0.2, 0.25) is 0 Å². The summed E-state index contributed by atoms with van der Waals surface area (Å²) in [6, 6.07) is 9.67. The van der Waals surface area contributed by atoms with Gasteiger partial charge in [-0.1, -0.05) is 30.3 Å². The Bertz CT molecular complexity index is 390. The number of hydrogen-bond donors (Lipinski definition) is 0. The van der Waals surface area contributed by atoms with Gasteiger partial charge < -0.3 is 14.4 Å². The van der Waals surface area contributed by atoms with Crippen molar-refractivity contribution in [2.75, 3.05) is 26.8 Å². The summed E-state index contributed by atoms with van der Waals surface area (Å²) in [6.45, 7) is 2.29. The molecule has 19 heavy (non-hydrogen) atoms. The maximum Gasteiger partial charge on any atom is 0.409 e. The Balaban J connectivity index is 1.58. The summed E-state index contributed by atoms with van der Waals surface area (Å²) >= 11 is 0. The van der Waals surface area contributed by atoms with Gasteiger partial charge in [0, 0.05) is 20.2 Å². The van der Waals surface area contributed by atoms with Crippen LogP contribution in [0.3, 0.4) is 0 Å². The van der Waals surface area contributed by atoms with E-state index < -0.39 is 0 Å². The Morgan fingerprint density at radius 3 is 2.74 bits per heavy atom. The van der Waals surface area contributed by atoms with Gasteiger partial charge in [-0.15, -0.1) is 0 Å². The average molecular weight is 263 g/mol. The first-order valence-electron chi connectivity index (χ1n) is 6.75. The van der Waals surface area contributed by atoms with Gasteiger partial charge in [-0.05, 0) is 24.3 Å². The molecule has 4 heteroatoms. The van der Waals surface area contributed by atoms with Crippen molar-refractivity contribution in [1.82, 2.24) is 4.90 Å². The lowest BCUT2D eigenvalue weighted by atomic mass is 10.2. The summed E-state index contributed by atoms with van der Waals surface area (Å²) in [5.41, 5.74) is 0.995. The second-order valence-electron chi connectivity index (χ2n) is 4.98. The highest BCUT2D eigenvalue weighted by atomic mass is 16.6. The molecule has 0 spiro atoms. The summed E-state index contributed by atoms with van der Waals surface area (Å²) in [5, 5.41) is 0. The monoisotopic (exact) mass is 263 g/mol. The van der Waals surface area contributed by atoms with Crippen molar-refractivity contribution in [3.05, 3.63) is 35.9 Å². The van der Waals surface area contributed by atoms with E-state index in [0.29, 0.717) is 19.8 Å². The van der Waals surface area contributed by atoms with E-state index in [4.69, 9.17) is 9.47 Å². The molecule has 0 aromatic heterocycles. The van der Waals surface area contributed by atoms with Gasteiger partial charge in [0.25, 0.3) is 0 Å². The molecule has 104 valence electrons. The fourth-order valence-electron chi connectivity index (χ4n) is 1.66. The molecule has 1 fully saturated rings. The summed E-state index contributed by atoms with van der Waals surface area (Å²) in [4.78, 5) is 13.3. The number of hydrogen-bond acceptors (Lipinski definition) is 3. The molecule has 1 aliphatic rings. The highest BCUT2D eigenvalue weighted by molar-refractivity contribution is 5.67. The van der Waals surface area contributed by atoms with Gasteiger partial charge in [0.15, 0.2) is 0 Å². The number of ether oxygens (including phenoxy) is 2. The maximum atomic E-state index is 11.7. The molecular weight excluding hydrogens is 242 g/mol. The van der Waals surface area contributed by atoms with Crippen LogP contribution in [0.4, 0.5) is 4.79 Å². The van der Waals surface area contributed by atoms with Crippen molar-refractivity contribution in [1.29, 1.82) is 0 Å². The topological polar surface area (TPSA) is 38.8 Å². The number of likely N-dealkylation sites (N-methyl/N-ethyl adjacent to an activating group) is 1. The summed E-state index contributed by atoms with van der Waals surface area (Å²) < 4.78 is 10.7. The van der Waals surface area contributed by atoms with Crippen molar-refractivity contribution in [2.45, 2.75) is 19.4 Å². The third-order valence-corrected chi connectivity index (χ3v) is 3.14. The predicted molar refractivity (Wildman–Crippen MR) is 72.8 cm³/mol. The third-order valence-electron chi connectivity index (χ3n) is 3.14. The van der Waals surface area contributed by atoms with E-state index in [0.717, 1.165) is 18.1 Å². The quantitative estimate of drug-likeness (QED) is 0.710. The molecule has 0 aliphatic heterocycles. The lowest BCUT2D eigenvalue weighted by Gasteiger charge is -2.17. The molecule has 1 aliphatic carbocycles. The second kappa shape index (κ2) is 7.14. The lowest BCUT2D eigenvalue weighted by Crippen LogP contribution is -2.30. The van der Waals surface area contributed by atoms with Gasteiger partial charge in [-0.2, -0.15) is 0 Å². The second-order valence-corrected chi connectivity index (χ2v) is 4.98. The molecule has 0 bridgehead atoms. The Hall–Kier alpha value is -1.55. The first kappa shape index (κ1) is 13.9. The van der Waals surface area contributed by atoms with Crippen LogP contribution in [0.1, 0.15) is 18.4 Å². The molecular formula is C15H21NO3. The van der Waals surface area contributed by atoms with E-state index in [1.807, 2.05) is 30.3 Å². The van der Waals surface area contributed by atoms with Gasteiger partial charge in [0.2, 0.25) is 0 Å². The van der Waals surface area contributed by atoms with E-state index in [9.17, 15) is 4.79 Å². The average Bonchev–Trinajstić information content (AvgIpc) is 3.26. The van der Waals surface area contributed by atoms with Crippen molar-refractivity contribution >= 4 is 6.09 Å². The maximum absolute atomic E-state index is 11.7. The number of carbonyl (C=O) groups excluding carboxylic acids is 1. The van der Waals surface area contributed by atoms with E-state index in [-0.39, 0.29) is 6.09 Å². The standard InChI is InChI=1S/C15H21NO3/c1-16(9-10-18-11-14-7-8-14)15(17)19-12-13-5-3-2-4-6-13/h2-6,14H,7-12H2,1H3. The molecule has 1 saturated carbocycles. The van der Waals surface area contributed by atoms with Gasteiger partial charge in [0.1, 0.15) is 6.61 Å². The minimum absolute atomic E-state index is 0.307. The highest BCUT2D eigenvalue weighted by Crippen LogP contribution is 2.28. The minimum Gasteiger partial charge on any atom is -0.445 e. The molecule has 0 atom stereocenters. The van der Waals surface area contributed by atoms with Crippen LogP contribution in [0.25, 0.3) is 0 Å². The molecule has 0 N–H and O–H groups in total. The van der Waals surface area contributed by atoms with Crippen molar-refractivity contribution < 1.29 is 14.3 Å². The summed E-state index contributed by atoms with van der Waals surface area (Å²) in [5.74, 6) is 0.760. The van der Waals surface area contributed by atoms with Crippen LogP contribution in [0.15, 0.2) is 30.3 Å². The first-order chi connectivity index (χ1) is 9.25. The van der Waals surface area contributed by atoms with Crippen LogP contribution in [-0.4, -0.2) is 37.8 Å². The number of rotatable bonds is 7. The van der Waals surface area contributed by atoms with Crippen LogP contribution >= 0.6 is 0 Å². The molecule has 0 radical (unpaired) electrons. The predicted octanol–water partition coefficient (Wildman–Crippen LogP) is 2.68. The Morgan fingerprint density at radius 1 is 1.32 bits per heavy atom. The molecule has 0 unspecified atom stereocenters. The largest absolute Gasteiger partial charge is 0.445 e. The smallest absolute Gasteiger partial charge is 0.409 e. The van der Waals surface area contributed by atoms with Crippen LogP contribution < -0.4 is 0 Å². The van der Waals surface area contributed by atoms with Gasteiger partial charge in [-0.25, -0.2) is 4.79 Å². The molecule has 1 amide bonds. The number of benzene rings is 1. The zero-order valence-corrected chi connectivity index (χ0v) is 11.4. The fourth-order valence-corrected chi connectivity index (χ4v) is 1.66. The third kappa shape index (κ3) is 5.30. The minimum atomic E-state index is -0.307.